The van der Waals surface area contributed by atoms with Crippen molar-refractivity contribution in [1.82, 2.24) is 4.57 Å². The van der Waals surface area contributed by atoms with E-state index in [1.165, 1.54) is 11.1 Å². The Kier molecular flexibility index (Phi) is 6.08. The van der Waals surface area contributed by atoms with Crippen LogP contribution in [-0.2, 0) is 4.79 Å². The number of benzene rings is 2. The van der Waals surface area contributed by atoms with Crippen molar-refractivity contribution in [3.05, 3.63) is 82.2 Å². The molecule has 2 aromatic carbocycles. The molecule has 152 valence electrons. The van der Waals surface area contributed by atoms with Gasteiger partial charge in [-0.05, 0) is 81.3 Å². The highest BCUT2D eigenvalue weighted by Crippen LogP contribution is 2.26. The van der Waals surface area contributed by atoms with E-state index in [1.54, 1.807) is 37.5 Å². The summed E-state index contributed by atoms with van der Waals surface area (Å²) in [6, 6.07) is 17.3. The van der Waals surface area contributed by atoms with E-state index in [0.717, 1.165) is 22.6 Å². The van der Waals surface area contributed by atoms with Crippen molar-refractivity contribution in [3.8, 4) is 17.5 Å². The second kappa shape index (κ2) is 8.71. The highest BCUT2D eigenvalue weighted by atomic mass is 16.5. The van der Waals surface area contributed by atoms with Gasteiger partial charge >= 0.3 is 0 Å². The molecule has 0 aliphatic carbocycles. The summed E-state index contributed by atoms with van der Waals surface area (Å²) in [7, 11) is 1.58. The standard InChI is InChI=1S/C25H25N3O2/c1-16-6-11-24(17(2)12-16)28-18(3)13-20(19(28)4)14-21(15-26)25(29)27-22-7-9-23(30-5)10-8-22/h6-14H,1-5H3,(H,27,29)/b21-14+. The van der Waals surface area contributed by atoms with E-state index in [-0.39, 0.29) is 5.57 Å². The van der Waals surface area contributed by atoms with Crippen molar-refractivity contribution in [2.24, 2.45) is 0 Å². The number of carbonyl (C=O) groups excluding carboxylic acids is 1. The Labute approximate surface area is 177 Å². The van der Waals surface area contributed by atoms with Crippen LogP contribution >= 0.6 is 0 Å². The Morgan fingerprint density at radius 1 is 1.07 bits per heavy atom. The van der Waals surface area contributed by atoms with Crippen LogP contribution in [0.1, 0.15) is 28.1 Å². The van der Waals surface area contributed by atoms with E-state index in [9.17, 15) is 10.1 Å². The van der Waals surface area contributed by atoms with Crippen LogP contribution in [-0.4, -0.2) is 17.6 Å². The number of methoxy groups -OCH3 is 1. The molecule has 0 saturated heterocycles. The van der Waals surface area contributed by atoms with Crippen LogP contribution in [0.3, 0.4) is 0 Å². The van der Waals surface area contributed by atoms with Gasteiger partial charge in [0.15, 0.2) is 0 Å². The number of ether oxygens (including phenoxy) is 1. The molecule has 1 amide bonds. The lowest BCUT2D eigenvalue weighted by Gasteiger charge is -2.13. The summed E-state index contributed by atoms with van der Waals surface area (Å²) in [6.07, 6.45) is 1.64. The van der Waals surface area contributed by atoms with Gasteiger partial charge in [0, 0.05) is 22.8 Å². The van der Waals surface area contributed by atoms with Gasteiger partial charge in [0.05, 0.1) is 7.11 Å². The van der Waals surface area contributed by atoms with Crippen LogP contribution in [0.15, 0.2) is 54.1 Å². The lowest BCUT2D eigenvalue weighted by atomic mass is 10.1. The van der Waals surface area contributed by atoms with Gasteiger partial charge in [-0.25, -0.2) is 0 Å². The van der Waals surface area contributed by atoms with E-state index in [2.05, 4.69) is 41.9 Å². The second-order valence-electron chi connectivity index (χ2n) is 7.30. The number of nitriles is 1. The first kappa shape index (κ1) is 20.9. The fourth-order valence-corrected chi connectivity index (χ4v) is 3.54. The predicted octanol–water partition coefficient (Wildman–Crippen LogP) is 5.27. The third-order valence-corrected chi connectivity index (χ3v) is 5.08. The van der Waals surface area contributed by atoms with Crippen molar-refractivity contribution in [1.29, 1.82) is 5.26 Å². The van der Waals surface area contributed by atoms with Crippen LogP contribution in [0.2, 0.25) is 0 Å². The monoisotopic (exact) mass is 399 g/mol. The fraction of sp³-hybridized carbons (Fsp3) is 0.200. The molecule has 30 heavy (non-hydrogen) atoms. The highest BCUT2D eigenvalue weighted by Gasteiger charge is 2.15. The van der Waals surface area contributed by atoms with Gasteiger partial charge in [-0.2, -0.15) is 5.26 Å². The third-order valence-electron chi connectivity index (χ3n) is 5.08. The Hall–Kier alpha value is -3.78. The summed E-state index contributed by atoms with van der Waals surface area (Å²) in [5.74, 6) is 0.252. The molecule has 1 aromatic heterocycles. The molecule has 0 unspecified atom stereocenters. The number of nitrogens with zero attached hydrogens (tertiary/aromatic N) is 2. The molecular formula is C25H25N3O2. The number of nitrogens with one attached hydrogen (secondary N) is 1. The van der Waals surface area contributed by atoms with Gasteiger partial charge in [0.1, 0.15) is 17.4 Å². The van der Waals surface area contributed by atoms with Gasteiger partial charge < -0.3 is 14.6 Å². The number of hydrogen-bond acceptors (Lipinski definition) is 3. The molecule has 0 bridgehead atoms. The fourth-order valence-electron chi connectivity index (χ4n) is 3.54. The maximum absolute atomic E-state index is 12.6. The van der Waals surface area contributed by atoms with Gasteiger partial charge in [0.25, 0.3) is 5.91 Å². The molecule has 0 aliphatic rings. The highest BCUT2D eigenvalue weighted by molar-refractivity contribution is 6.09. The first-order valence-corrected chi connectivity index (χ1v) is 9.68. The van der Waals surface area contributed by atoms with E-state index in [0.29, 0.717) is 11.4 Å². The molecule has 5 nitrogen and oxygen atoms in total. The van der Waals surface area contributed by atoms with Gasteiger partial charge in [0.2, 0.25) is 0 Å². The summed E-state index contributed by atoms with van der Waals surface area (Å²) >= 11 is 0. The molecule has 1 N–H and O–H groups in total. The molecule has 0 aliphatic heterocycles. The van der Waals surface area contributed by atoms with Crippen LogP contribution in [0.5, 0.6) is 5.75 Å². The van der Waals surface area contributed by atoms with Gasteiger partial charge in [-0.3, -0.25) is 4.79 Å². The average molecular weight is 399 g/mol. The Balaban J connectivity index is 1.92. The zero-order valence-corrected chi connectivity index (χ0v) is 17.9. The maximum Gasteiger partial charge on any atom is 0.266 e. The SMILES string of the molecule is COc1ccc(NC(=O)/C(C#N)=C/c2cc(C)n(-c3ccc(C)cc3C)c2C)cc1. The summed E-state index contributed by atoms with van der Waals surface area (Å²) in [6.45, 7) is 8.17. The average Bonchev–Trinajstić information content (AvgIpc) is 3.00. The molecular weight excluding hydrogens is 374 g/mol. The molecule has 3 rings (SSSR count). The minimum Gasteiger partial charge on any atom is -0.497 e. The van der Waals surface area contributed by atoms with E-state index >= 15 is 0 Å². The maximum atomic E-state index is 12.6. The van der Waals surface area contributed by atoms with Gasteiger partial charge in [-0.1, -0.05) is 17.7 Å². The molecule has 3 aromatic rings. The van der Waals surface area contributed by atoms with Crippen LogP contribution in [0, 0.1) is 39.0 Å². The van der Waals surface area contributed by atoms with Crippen molar-refractivity contribution >= 4 is 17.7 Å². The van der Waals surface area contributed by atoms with E-state index in [1.807, 2.05) is 26.0 Å². The number of rotatable bonds is 5. The number of amides is 1. The normalized spacial score (nSPS) is 11.1. The second-order valence-corrected chi connectivity index (χ2v) is 7.30. The number of aryl methyl sites for hydroxylation is 3. The molecule has 0 fully saturated rings. The Morgan fingerprint density at radius 3 is 2.37 bits per heavy atom. The Bertz CT molecular complexity index is 1160. The zero-order chi connectivity index (χ0) is 21.8. The lowest BCUT2D eigenvalue weighted by Crippen LogP contribution is -2.13. The smallest absolute Gasteiger partial charge is 0.266 e. The largest absolute Gasteiger partial charge is 0.497 e. The van der Waals surface area contributed by atoms with Crippen molar-refractivity contribution in [2.45, 2.75) is 27.7 Å². The molecule has 1 heterocycles. The van der Waals surface area contributed by atoms with Gasteiger partial charge in [-0.15, -0.1) is 0 Å². The number of hydrogen-bond donors (Lipinski definition) is 1. The third kappa shape index (κ3) is 4.28. The van der Waals surface area contributed by atoms with Crippen molar-refractivity contribution in [3.63, 3.8) is 0 Å². The molecule has 0 saturated carbocycles. The first-order chi connectivity index (χ1) is 14.3. The summed E-state index contributed by atoms with van der Waals surface area (Å²) in [5.41, 5.74) is 6.98. The van der Waals surface area contributed by atoms with Crippen molar-refractivity contribution in [2.75, 3.05) is 12.4 Å². The summed E-state index contributed by atoms with van der Waals surface area (Å²) < 4.78 is 7.27. The van der Waals surface area contributed by atoms with E-state index in [4.69, 9.17) is 4.74 Å². The number of carbonyl (C=O) groups is 1. The molecule has 0 spiro atoms. The van der Waals surface area contributed by atoms with E-state index < -0.39 is 5.91 Å². The Morgan fingerprint density at radius 2 is 1.77 bits per heavy atom. The summed E-state index contributed by atoms with van der Waals surface area (Å²) in [5, 5.41) is 12.3. The summed E-state index contributed by atoms with van der Waals surface area (Å²) in [4.78, 5) is 12.6. The lowest BCUT2D eigenvalue weighted by molar-refractivity contribution is -0.112. The zero-order valence-electron chi connectivity index (χ0n) is 17.9. The predicted molar refractivity (Wildman–Crippen MR) is 120 cm³/mol. The molecule has 5 heteroatoms. The molecule has 0 radical (unpaired) electrons. The van der Waals surface area contributed by atoms with Crippen LogP contribution in [0.25, 0.3) is 11.8 Å². The number of anilines is 1. The minimum atomic E-state index is -0.445. The van der Waals surface area contributed by atoms with Crippen molar-refractivity contribution < 1.29 is 9.53 Å². The van der Waals surface area contributed by atoms with Crippen LogP contribution in [0.4, 0.5) is 5.69 Å². The van der Waals surface area contributed by atoms with Crippen LogP contribution < -0.4 is 10.1 Å². The minimum absolute atomic E-state index is 0.0479. The molecule has 0 atom stereocenters. The topological polar surface area (TPSA) is 67.0 Å². The first-order valence-electron chi connectivity index (χ1n) is 9.68. The number of aromatic nitrogens is 1. The quantitative estimate of drug-likeness (QED) is 0.470.